The minimum Gasteiger partial charge on any atom is -0.493 e. The molecule has 3 rings (SSSR count). The second-order valence-electron chi connectivity index (χ2n) is 6.95. The van der Waals surface area contributed by atoms with Gasteiger partial charge in [-0.05, 0) is 37.6 Å². The summed E-state index contributed by atoms with van der Waals surface area (Å²) in [6, 6.07) is 11.2. The summed E-state index contributed by atoms with van der Waals surface area (Å²) in [5.41, 5.74) is 1.74. The SMILES string of the molecule is COc1cccc(CNCCCN2CCCC2=O)c1OCc1c(Cl)cccc1Cl. The molecular weight excluding hydrogens is 411 g/mol. The quantitative estimate of drug-likeness (QED) is 0.549. The van der Waals surface area contributed by atoms with Gasteiger partial charge in [-0.25, -0.2) is 0 Å². The summed E-state index contributed by atoms with van der Waals surface area (Å²) < 4.78 is 11.6. The number of hydrogen-bond donors (Lipinski definition) is 1. The summed E-state index contributed by atoms with van der Waals surface area (Å²) in [5, 5.41) is 4.57. The molecule has 1 N–H and O–H groups in total. The van der Waals surface area contributed by atoms with Gasteiger partial charge in [-0.2, -0.15) is 0 Å². The molecule has 1 amide bonds. The Morgan fingerprint density at radius 2 is 1.90 bits per heavy atom. The first kappa shape index (κ1) is 21.8. The zero-order chi connectivity index (χ0) is 20.6. The van der Waals surface area contributed by atoms with Gasteiger partial charge in [0.1, 0.15) is 6.61 Å². The highest BCUT2D eigenvalue weighted by Gasteiger charge is 2.19. The Morgan fingerprint density at radius 3 is 2.59 bits per heavy atom. The normalized spacial score (nSPS) is 13.8. The van der Waals surface area contributed by atoms with Gasteiger partial charge in [-0.1, -0.05) is 41.4 Å². The van der Waals surface area contributed by atoms with Gasteiger partial charge in [0.15, 0.2) is 11.5 Å². The van der Waals surface area contributed by atoms with Gasteiger partial charge in [0.2, 0.25) is 5.91 Å². The van der Waals surface area contributed by atoms with Crippen molar-refractivity contribution in [1.29, 1.82) is 0 Å². The molecule has 0 radical (unpaired) electrons. The number of benzene rings is 2. The fourth-order valence-electron chi connectivity index (χ4n) is 3.40. The Balaban J connectivity index is 1.58. The van der Waals surface area contributed by atoms with E-state index in [0.717, 1.165) is 43.6 Å². The summed E-state index contributed by atoms with van der Waals surface area (Å²) in [4.78, 5) is 13.6. The van der Waals surface area contributed by atoms with E-state index in [0.29, 0.717) is 34.5 Å². The number of ether oxygens (including phenoxy) is 2. The summed E-state index contributed by atoms with van der Waals surface area (Å²) in [6.07, 6.45) is 2.58. The van der Waals surface area contributed by atoms with E-state index < -0.39 is 0 Å². The Labute approximate surface area is 181 Å². The van der Waals surface area contributed by atoms with Gasteiger partial charge in [0, 0.05) is 47.2 Å². The molecule has 2 aromatic carbocycles. The van der Waals surface area contributed by atoms with Crippen molar-refractivity contribution in [2.24, 2.45) is 0 Å². The minimum atomic E-state index is 0.253. The van der Waals surface area contributed by atoms with Crippen LogP contribution < -0.4 is 14.8 Å². The molecule has 5 nitrogen and oxygen atoms in total. The van der Waals surface area contributed by atoms with Gasteiger partial charge < -0.3 is 19.7 Å². The second-order valence-corrected chi connectivity index (χ2v) is 7.77. The molecule has 1 saturated heterocycles. The standard InChI is InChI=1S/C22H26Cl2N2O3/c1-28-20-9-2-6-16(14-25-11-5-13-26-12-4-10-21(26)27)22(20)29-15-17-18(23)7-3-8-19(17)24/h2-3,6-9,25H,4-5,10-15H2,1H3. The molecule has 1 heterocycles. The van der Waals surface area contributed by atoms with Crippen LogP contribution >= 0.6 is 23.2 Å². The zero-order valence-electron chi connectivity index (χ0n) is 16.5. The first-order valence-corrected chi connectivity index (χ1v) is 10.6. The third-order valence-electron chi connectivity index (χ3n) is 4.97. The van der Waals surface area contributed by atoms with Crippen molar-refractivity contribution in [3.05, 3.63) is 57.6 Å². The lowest BCUT2D eigenvalue weighted by Gasteiger charge is -2.17. The molecule has 2 aromatic rings. The number of nitrogens with zero attached hydrogens (tertiary/aromatic N) is 1. The smallest absolute Gasteiger partial charge is 0.222 e. The lowest BCUT2D eigenvalue weighted by Crippen LogP contribution is -2.28. The maximum absolute atomic E-state index is 11.7. The third kappa shape index (κ3) is 5.78. The number of hydrogen-bond acceptors (Lipinski definition) is 4. The van der Waals surface area contributed by atoms with E-state index in [1.807, 2.05) is 29.2 Å². The molecule has 0 atom stereocenters. The predicted molar refractivity (Wildman–Crippen MR) is 116 cm³/mol. The van der Waals surface area contributed by atoms with E-state index in [4.69, 9.17) is 32.7 Å². The number of likely N-dealkylation sites (tertiary alicyclic amines) is 1. The van der Waals surface area contributed by atoms with E-state index in [-0.39, 0.29) is 12.5 Å². The van der Waals surface area contributed by atoms with Crippen molar-refractivity contribution in [1.82, 2.24) is 10.2 Å². The maximum atomic E-state index is 11.7. The van der Waals surface area contributed by atoms with Crippen LogP contribution in [-0.4, -0.2) is 37.6 Å². The average Bonchev–Trinajstić information content (AvgIpc) is 3.12. The number of carbonyl (C=O) groups is 1. The summed E-state index contributed by atoms with van der Waals surface area (Å²) >= 11 is 12.5. The lowest BCUT2D eigenvalue weighted by molar-refractivity contribution is -0.127. The zero-order valence-corrected chi connectivity index (χ0v) is 18.1. The van der Waals surface area contributed by atoms with Crippen molar-refractivity contribution in [2.75, 3.05) is 26.7 Å². The number of para-hydroxylation sites is 1. The van der Waals surface area contributed by atoms with Crippen molar-refractivity contribution in [3.8, 4) is 11.5 Å². The average molecular weight is 437 g/mol. The Kier molecular flexibility index (Phi) is 8.04. The van der Waals surface area contributed by atoms with Crippen LogP contribution in [0.15, 0.2) is 36.4 Å². The van der Waals surface area contributed by atoms with Crippen LogP contribution in [0.2, 0.25) is 10.0 Å². The Bertz CT molecular complexity index is 825. The molecule has 0 unspecified atom stereocenters. The summed E-state index contributed by atoms with van der Waals surface area (Å²) in [7, 11) is 1.62. The van der Waals surface area contributed by atoms with E-state index in [2.05, 4.69) is 5.32 Å². The minimum absolute atomic E-state index is 0.253. The fraction of sp³-hybridized carbons (Fsp3) is 0.409. The van der Waals surface area contributed by atoms with Crippen molar-refractivity contribution >= 4 is 29.1 Å². The molecule has 0 bridgehead atoms. The predicted octanol–water partition coefficient (Wildman–Crippen LogP) is 4.68. The summed E-state index contributed by atoms with van der Waals surface area (Å²) in [6.45, 7) is 3.39. The number of methoxy groups -OCH3 is 1. The van der Waals surface area contributed by atoms with Gasteiger partial charge in [-0.15, -0.1) is 0 Å². The van der Waals surface area contributed by atoms with Crippen LogP contribution in [0.25, 0.3) is 0 Å². The molecule has 29 heavy (non-hydrogen) atoms. The van der Waals surface area contributed by atoms with Crippen molar-refractivity contribution in [3.63, 3.8) is 0 Å². The number of rotatable bonds is 10. The van der Waals surface area contributed by atoms with Gasteiger partial charge in [-0.3, -0.25) is 4.79 Å². The highest BCUT2D eigenvalue weighted by molar-refractivity contribution is 6.35. The number of halogens is 2. The molecule has 7 heteroatoms. The van der Waals surface area contributed by atoms with Gasteiger partial charge >= 0.3 is 0 Å². The first-order chi connectivity index (χ1) is 14.1. The van der Waals surface area contributed by atoms with Crippen LogP contribution in [-0.2, 0) is 17.9 Å². The van der Waals surface area contributed by atoms with Crippen LogP contribution in [0, 0.1) is 0 Å². The molecule has 156 valence electrons. The highest BCUT2D eigenvalue weighted by Crippen LogP contribution is 2.33. The molecule has 1 aliphatic rings. The number of nitrogens with one attached hydrogen (secondary N) is 1. The van der Waals surface area contributed by atoms with Crippen LogP contribution in [0.3, 0.4) is 0 Å². The number of amides is 1. The van der Waals surface area contributed by atoms with Crippen LogP contribution in [0.5, 0.6) is 11.5 Å². The number of carbonyl (C=O) groups excluding carboxylic acids is 1. The van der Waals surface area contributed by atoms with E-state index in [1.54, 1.807) is 19.2 Å². The van der Waals surface area contributed by atoms with Crippen molar-refractivity contribution in [2.45, 2.75) is 32.4 Å². The van der Waals surface area contributed by atoms with Gasteiger partial charge in [0.25, 0.3) is 0 Å². The largest absolute Gasteiger partial charge is 0.493 e. The monoisotopic (exact) mass is 436 g/mol. The van der Waals surface area contributed by atoms with Crippen LogP contribution in [0.4, 0.5) is 0 Å². The molecule has 0 spiro atoms. The highest BCUT2D eigenvalue weighted by atomic mass is 35.5. The summed E-state index contributed by atoms with van der Waals surface area (Å²) in [5.74, 6) is 1.61. The van der Waals surface area contributed by atoms with Crippen molar-refractivity contribution < 1.29 is 14.3 Å². The molecule has 0 aromatic heterocycles. The van der Waals surface area contributed by atoms with Gasteiger partial charge in [0.05, 0.1) is 7.11 Å². The van der Waals surface area contributed by atoms with E-state index in [9.17, 15) is 4.79 Å². The lowest BCUT2D eigenvalue weighted by atomic mass is 10.1. The first-order valence-electron chi connectivity index (χ1n) is 9.80. The van der Waals surface area contributed by atoms with E-state index >= 15 is 0 Å². The molecular formula is C22H26Cl2N2O3. The fourth-order valence-corrected chi connectivity index (χ4v) is 3.90. The molecule has 1 fully saturated rings. The molecule has 0 aliphatic carbocycles. The Morgan fingerprint density at radius 1 is 1.14 bits per heavy atom. The topological polar surface area (TPSA) is 50.8 Å². The van der Waals surface area contributed by atoms with E-state index in [1.165, 1.54) is 0 Å². The third-order valence-corrected chi connectivity index (χ3v) is 5.68. The van der Waals surface area contributed by atoms with Crippen LogP contribution in [0.1, 0.15) is 30.4 Å². The molecule has 0 saturated carbocycles. The molecule has 1 aliphatic heterocycles. The Hall–Kier alpha value is -1.95. The second kappa shape index (κ2) is 10.7. The maximum Gasteiger partial charge on any atom is 0.222 e.